The molecule has 0 aromatic rings. The maximum absolute atomic E-state index is 8.61. The number of amidine groups is 1. The standard InChI is InChI=1S/C3H8N4O/c4-1-2-5-3(8)7-6-2/h3,7-8H,1,4H2,(H,5,6). The van der Waals surface area contributed by atoms with Gasteiger partial charge in [0.05, 0.1) is 6.54 Å². The normalized spacial score (nSPS) is 27.2. The van der Waals surface area contributed by atoms with Crippen LogP contribution in [0.5, 0.6) is 0 Å². The van der Waals surface area contributed by atoms with Gasteiger partial charge in [0.1, 0.15) is 5.84 Å². The summed E-state index contributed by atoms with van der Waals surface area (Å²) in [6.07, 6.45) is -0.825. The predicted molar refractivity (Wildman–Crippen MR) is 28.8 cm³/mol. The molecule has 0 fully saturated rings. The number of nitrogens with two attached hydrogens (primary N) is 1. The Kier molecular flexibility index (Phi) is 1.43. The van der Waals surface area contributed by atoms with Crippen LogP contribution >= 0.6 is 0 Å². The van der Waals surface area contributed by atoms with E-state index in [9.17, 15) is 0 Å². The Morgan fingerprint density at radius 1 is 1.88 bits per heavy atom. The Morgan fingerprint density at radius 2 is 2.62 bits per heavy atom. The molecule has 1 unspecified atom stereocenters. The molecule has 0 saturated carbocycles. The molecule has 0 aromatic carbocycles. The van der Waals surface area contributed by atoms with Gasteiger partial charge in [-0.1, -0.05) is 0 Å². The van der Waals surface area contributed by atoms with Gasteiger partial charge in [0.2, 0.25) is 6.35 Å². The maximum atomic E-state index is 8.61. The van der Waals surface area contributed by atoms with Gasteiger partial charge in [0, 0.05) is 0 Å². The van der Waals surface area contributed by atoms with E-state index in [1.54, 1.807) is 0 Å². The Labute approximate surface area is 46.6 Å². The van der Waals surface area contributed by atoms with Crippen LogP contribution in [0.2, 0.25) is 0 Å². The molecule has 0 saturated heterocycles. The van der Waals surface area contributed by atoms with Crippen molar-refractivity contribution >= 4 is 5.84 Å². The molecule has 1 atom stereocenters. The van der Waals surface area contributed by atoms with E-state index in [1.165, 1.54) is 0 Å². The second-order valence-corrected chi connectivity index (χ2v) is 1.42. The third-order valence-electron chi connectivity index (χ3n) is 0.817. The number of hydrogen-bond acceptors (Lipinski definition) is 5. The SMILES string of the molecule is NCC1=NC(O)NN1. The molecule has 0 spiro atoms. The second-order valence-electron chi connectivity index (χ2n) is 1.42. The zero-order valence-electron chi connectivity index (χ0n) is 4.26. The van der Waals surface area contributed by atoms with E-state index in [0.29, 0.717) is 12.4 Å². The van der Waals surface area contributed by atoms with Gasteiger partial charge < -0.3 is 16.3 Å². The van der Waals surface area contributed by atoms with Crippen LogP contribution in [0.1, 0.15) is 0 Å². The van der Waals surface area contributed by atoms with Crippen LogP contribution in [-0.4, -0.2) is 23.8 Å². The minimum Gasteiger partial charge on any atom is -0.358 e. The number of aliphatic hydroxyl groups excluding tert-OH is 1. The summed E-state index contributed by atoms with van der Waals surface area (Å²) in [5, 5.41) is 8.61. The van der Waals surface area contributed by atoms with Gasteiger partial charge >= 0.3 is 0 Å². The number of aliphatic hydroxyl groups is 1. The molecule has 1 aliphatic rings. The van der Waals surface area contributed by atoms with Crippen molar-refractivity contribution in [3.05, 3.63) is 0 Å². The summed E-state index contributed by atoms with van der Waals surface area (Å²) in [6.45, 7) is 0.323. The maximum Gasteiger partial charge on any atom is 0.220 e. The average molecular weight is 116 g/mol. The van der Waals surface area contributed by atoms with Crippen LogP contribution in [0.3, 0.4) is 0 Å². The number of aliphatic imine (C=N–C) groups is 1. The lowest BCUT2D eigenvalue weighted by Crippen LogP contribution is -2.37. The summed E-state index contributed by atoms with van der Waals surface area (Å²) >= 11 is 0. The number of nitrogens with one attached hydrogen (secondary N) is 2. The molecule has 0 aliphatic carbocycles. The van der Waals surface area contributed by atoms with Gasteiger partial charge in [-0.25, -0.2) is 4.99 Å². The molecule has 1 rings (SSSR count). The van der Waals surface area contributed by atoms with Crippen molar-refractivity contribution in [1.29, 1.82) is 0 Å². The van der Waals surface area contributed by atoms with Crippen molar-refractivity contribution in [2.75, 3.05) is 6.54 Å². The Balaban J connectivity index is 2.44. The average Bonchev–Trinajstić information content (AvgIpc) is 2.14. The van der Waals surface area contributed by atoms with Crippen molar-refractivity contribution in [3.8, 4) is 0 Å². The highest BCUT2D eigenvalue weighted by Gasteiger charge is 2.08. The fourth-order valence-corrected chi connectivity index (χ4v) is 0.464. The van der Waals surface area contributed by atoms with E-state index >= 15 is 0 Å². The van der Waals surface area contributed by atoms with Crippen molar-refractivity contribution in [2.45, 2.75) is 6.35 Å². The zero-order valence-corrected chi connectivity index (χ0v) is 4.26. The molecule has 1 aliphatic heterocycles. The lowest BCUT2D eigenvalue weighted by molar-refractivity contribution is 0.152. The number of nitrogens with zero attached hydrogens (tertiary/aromatic N) is 1. The van der Waals surface area contributed by atoms with E-state index in [4.69, 9.17) is 10.8 Å². The summed E-state index contributed by atoms with van der Waals surface area (Å²) < 4.78 is 0. The molecule has 0 aromatic heterocycles. The zero-order chi connectivity index (χ0) is 5.98. The highest BCUT2D eigenvalue weighted by Crippen LogP contribution is 1.84. The van der Waals surface area contributed by atoms with Crippen molar-refractivity contribution < 1.29 is 5.11 Å². The smallest absolute Gasteiger partial charge is 0.220 e. The molecule has 0 bridgehead atoms. The van der Waals surface area contributed by atoms with Crippen molar-refractivity contribution in [3.63, 3.8) is 0 Å². The Hall–Kier alpha value is -0.650. The lowest BCUT2D eigenvalue weighted by atomic mass is 10.6. The fourth-order valence-electron chi connectivity index (χ4n) is 0.464. The molecule has 0 radical (unpaired) electrons. The van der Waals surface area contributed by atoms with Crippen LogP contribution in [0.4, 0.5) is 0 Å². The fraction of sp³-hybridized carbons (Fsp3) is 0.667. The first-order chi connectivity index (χ1) is 3.83. The van der Waals surface area contributed by atoms with Gasteiger partial charge in [0.25, 0.3) is 0 Å². The van der Waals surface area contributed by atoms with E-state index in [0.717, 1.165) is 0 Å². The first kappa shape index (κ1) is 5.49. The monoisotopic (exact) mass is 116 g/mol. The molecular weight excluding hydrogens is 108 g/mol. The quantitative estimate of drug-likeness (QED) is 0.311. The third kappa shape index (κ3) is 0.945. The van der Waals surface area contributed by atoms with Gasteiger partial charge in [-0.2, -0.15) is 5.43 Å². The summed E-state index contributed by atoms with van der Waals surface area (Å²) in [4.78, 5) is 3.63. The van der Waals surface area contributed by atoms with E-state index in [-0.39, 0.29) is 0 Å². The van der Waals surface area contributed by atoms with Crippen LogP contribution in [0.25, 0.3) is 0 Å². The van der Waals surface area contributed by atoms with Crippen LogP contribution in [0.15, 0.2) is 4.99 Å². The molecule has 5 nitrogen and oxygen atoms in total. The van der Waals surface area contributed by atoms with E-state index in [1.807, 2.05) is 0 Å². The minimum atomic E-state index is -0.825. The highest BCUT2D eigenvalue weighted by atomic mass is 16.3. The van der Waals surface area contributed by atoms with Gasteiger partial charge in [-0.3, -0.25) is 0 Å². The molecule has 46 valence electrons. The van der Waals surface area contributed by atoms with Gasteiger partial charge in [-0.15, -0.1) is 0 Å². The third-order valence-corrected chi connectivity index (χ3v) is 0.817. The molecular formula is C3H8N4O. The van der Waals surface area contributed by atoms with Crippen molar-refractivity contribution in [1.82, 2.24) is 10.9 Å². The van der Waals surface area contributed by atoms with Crippen LogP contribution in [0, 0.1) is 0 Å². The van der Waals surface area contributed by atoms with E-state index in [2.05, 4.69) is 15.8 Å². The molecule has 8 heavy (non-hydrogen) atoms. The summed E-state index contributed by atoms with van der Waals surface area (Å²) in [5.74, 6) is 0.581. The minimum absolute atomic E-state index is 0.323. The molecule has 1 heterocycles. The molecule has 0 amide bonds. The largest absolute Gasteiger partial charge is 0.358 e. The molecule has 5 heteroatoms. The van der Waals surface area contributed by atoms with Crippen LogP contribution in [-0.2, 0) is 0 Å². The summed E-state index contributed by atoms with van der Waals surface area (Å²) in [7, 11) is 0. The van der Waals surface area contributed by atoms with Crippen molar-refractivity contribution in [2.24, 2.45) is 10.7 Å². The Morgan fingerprint density at radius 3 is 2.88 bits per heavy atom. The predicted octanol–water partition coefficient (Wildman–Crippen LogP) is -2.27. The number of hydrogen-bond donors (Lipinski definition) is 4. The highest BCUT2D eigenvalue weighted by molar-refractivity contribution is 5.84. The van der Waals surface area contributed by atoms with Crippen LogP contribution < -0.4 is 16.6 Å². The van der Waals surface area contributed by atoms with E-state index < -0.39 is 6.35 Å². The lowest BCUT2D eigenvalue weighted by Gasteiger charge is -1.95. The van der Waals surface area contributed by atoms with Gasteiger partial charge in [-0.05, 0) is 0 Å². The molecule has 5 N–H and O–H groups in total. The number of rotatable bonds is 1. The number of hydrazine groups is 1. The Bertz CT molecular complexity index is 112. The first-order valence-corrected chi connectivity index (χ1v) is 2.29. The summed E-state index contributed by atoms with van der Waals surface area (Å²) in [6, 6.07) is 0. The summed E-state index contributed by atoms with van der Waals surface area (Å²) in [5.41, 5.74) is 10.2. The second kappa shape index (κ2) is 2.08. The first-order valence-electron chi connectivity index (χ1n) is 2.29. The van der Waals surface area contributed by atoms with Gasteiger partial charge in [0.15, 0.2) is 0 Å². The topological polar surface area (TPSA) is 82.7 Å².